The average Bonchev–Trinajstić information content (AvgIpc) is 2.82. The smallest absolute Gasteiger partial charge is 0.255 e. The molecule has 0 aliphatic heterocycles. The summed E-state index contributed by atoms with van der Waals surface area (Å²) in [6, 6.07) is 7.71. The fourth-order valence-electron chi connectivity index (χ4n) is 1.56. The van der Waals surface area contributed by atoms with Gasteiger partial charge in [-0.15, -0.1) is 0 Å². The van der Waals surface area contributed by atoms with Crippen LogP contribution in [0.2, 0.25) is 5.02 Å². The molecular weight excluding hydrogens is 257 g/mol. The van der Waals surface area contributed by atoms with E-state index in [4.69, 9.17) is 16.0 Å². The number of benzene rings is 1. The maximum Gasteiger partial charge on any atom is 0.255 e. The first-order chi connectivity index (χ1) is 8.68. The van der Waals surface area contributed by atoms with Crippen LogP contribution in [-0.4, -0.2) is 12.5 Å². The Labute approximate surface area is 109 Å². The minimum atomic E-state index is -0.627. The monoisotopic (exact) mass is 267 g/mol. The second-order valence-electron chi connectivity index (χ2n) is 3.68. The molecule has 1 amide bonds. The summed E-state index contributed by atoms with van der Waals surface area (Å²) >= 11 is 5.78. The molecule has 0 aliphatic rings. The maximum absolute atomic E-state index is 13.4. The third-order valence-electron chi connectivity index (χ3n) is 2.43. The number of carbonyl (C=O) groups is 1. The van der Waals surface area contributed by atoms with Crippen molar-refractivity contribution in [3.8, 4) is 0 Å². The van der Waals surface area contributed by atoms with Gasteiger partial charge >= 0.3 is 0 Å². The van der Waals surface area contributed by atoms with Crippen LogP contribution in [0.15, 0.2) is 41.0 Å². The van der Waals surface area contributed by atoms with Gasteiger partial charge in [-0.1, -0.05) is 17.7 Å². The van der Waals surface area contributed by atoms with Gasteiger partial charge in [0.2, 0.25) is 0 Å². The molecule has 1 heterocycles. The second-order valence-corrected chi connectivity index (χ2v) is 4.09. The highest BCUT2D eigenvalue weighted by atomic mass is 35.5. The van der Waals surface area contributed by atoms with E-state index in [1.165, 1.54) is 18.2 Å². The van der Waals surface area contributed by atoms with Gasteiger partial charge in [0, 0.05) is 13.0 Å². The van der Waals surface area contributed by atoms with Crippen molar-refractivity contribution in [2.75, 3.05) is 6.54 Å². The van der Waals surface area contributed by atoms with Crippen LogP contribution < -0.4 is 5.32 Å². The summed E-state index contributed by atoms with van der Waals surface area (Å²) in [5.74, 6) is -0.391. The number of halogens is 2. The summed E-state index contributed by atoms with van der Waals surface area (Å²) in [6.07, 6.45) is 2.11. The Morgan fingerprint density at radius 1 is 1.33 bits per heavy atom. The van der Waals surface area contributed by atoms with Crippen molar-refractivity contribution >= 4 is 17.5 Å². The summed E-state index contributed by atoms with van der Waals surface area (Å²) < 4.78 is 18.6. The molecule has 18 heavy (non-hydrogen) atoms. The Hall–Kier alpha value is -1.81. The van der Waals surface area contributed by atoms with Gasteiger partial charge in [-0.3, -0.25) is 4.79 Å². The first-order valence-electron chi connectivity index (χ1n) is 5.43. The minimum Gasteiger partial charge on any atom is -0.469 e. The number of hydrogen-bond acceptors (Lipinski definition) is 2. The summed E-state index contributed by atoms with van der Waals surface area (Å²) in [6.45, 7) is 0.358. The van der Waals surface area contributed by atoms with E-state index in [-0.39, 0.29) is 10.6 Å². The zero-order valence-corrected chi connectivity index (χ0v) is 10.2. The molecule has 1 aromatic heterocycles. The van der Waals surface area contributed by atoms with Gasteiger partial charge in [-0.25, -0.2) is 4.39 Å². The predicted molar refractivity (Wildman–Crippen MR) is 66.2 cm³/mol. The van der Waals surface area contributed by atoms with Crippen LogP contribution in [0.3, 0.4) is 0 Å². The lowest BCUT2D eigenvalue weighted by atomic mass is 10.2. The number of hydrogen-bond donors (Lipinski definition) is 1. The van der Waals surface area contributed by atoms with Crippen molar-refractivity contribution in [3.05, 3.63) is 58.8 Å². The highest BCUT2D eigenvalue weighted by molar-refractivity contribution is 6.33. The van der Waals surface area contributed by atoms with E-state index in [9.17, 15) is 9.18 Å². The molecule has 0 bridgehead atoms. The summed E-state index contributed by atoms with van der Waals surface area (Å²) in [5, 5.41) is 2.70. The zero-order chi connectivity index (χ0) is 13.0. The quantitative estimate of drug-likeness (QED) is 0.925. The van der Waals surface area contributed by atoms with Crippen LogP contribution in [0.4, 0.5) is 4.39 Å². The Kier molecular flexibility index (Phi) is 3.99. The van der Waals surface area contributed by atoms with Gasteiger partial charge < -0.3 is 9.73 Å². The molecule has 0 radical (unpaired) electrons. The molecule has 0 unspecified atom stereocenters. The molecule has 3 nitrogen and oxygen atoms in total. The Bertz CT molecular complexity index is 520. The van der Waals surface area contributed by atoms with Gasteiger partial charge in [0.1, 0.15) is 11.6 Å². The molecule has 0 saturated heterocycles. The number of amides is 1. The van der Waals surface area contributed by atoms with Crippen LogP contribution in [-0.2, 0) is 6.42 Å². The fourth-order valence-corrected chi connectivity index (χ4v) is 1.81. The number of furan rings is 1. The van der Waals surface area contributed by atoms with Gasteiger partial charge in [-0.2, -0.15) is 0 Å². The normalized spacial score (nSPS) is 10.3. The second kappa shape index (κ2) is 5.69. The van der Waals surface area contributed by atoms with Crippen LogP contribution in [0.5, 0.6) is 0 Å². The third-order valence-corrected chi connectivity index (χ3v) is 2.74. The predicted octanol–water partition coefficient (Wildman–Crippen LogP) is 3.04. The molecule has 1 N–H and O–H groups in total. The van der Waals surface area contributed by atoms with E-state index in [1.807, 2.05) is 6.07 Å². The molecular formula is C13H11ClFNO2. The van der Waals surface area contributed by atoms with E-state index in [1.54, 1.807) is 12.3 Å². The van der Waals surface area contributed by atoms with Crippen LogP contribution in [0.25, 0.3) is 0 Å². The van der Waals surface area contributed by atoms with Crippen molar-refractivity contribution in [1.29, 1.82) is 0 Å². The fraction of sp³-hybridized carbons (Fsp3) is 0.154. The van der Waals surface area contributed by atoms with Crippen molar-refractivity contribution in [1.82, 2.24) is 5.32 Å². The Balaban J connectivity index is 1.96. The SMILES string of the molecule is O=C(NCCc1ccco1)c1c(F)cccc1Cl. The summed E-state index contributed by atoms with van der Waals surface area (Å²) in [5.41, 5.74) is -0.126. The summed E-state index contributed by atoms with van der Waals surface area (Å²) in [7, 11) is 0. The van der Waals surface area contributed by atoms with E-state index >= 15 is 0 Å². The maximum atomic E-state index is 13.4. The first kappa shape index (κ1) is 12.6. The van der Waals surface area contributed by atoms with E-state index < -0.39 is 11.7 Å². The lowest BCUT2D eigenvalue weighted by molar-refractivity contribution is 0.0950. The van der Waals surface area contributed by atoms with Gasteiger partial charge in [0.25, 0.3) is 5.91 Å². The molecule has 0 spiro atoms. The van der Waals surface area contributed by atoms with Crippen molar-refractivity contribution in [2.45, 2.75) is 6.42 Å². The minimum absolute atomic E-state index is 0.102. The average molecular weight is 268 g/mol. The van der Waals surface area contributed by atoms with E-state index in [2.05, 4.69) is 5.32 Å². The number of carbonyl (C=O) groups excluding carboxylic acids is 1. The van der Waals surface area contributed by atoms with E-state index in [0.717, 1.165) is 5.76 Å². The molecule has 0 fully saturated rings. The van der Waals surface area contributed by atoms with Crippen LogP contribution in [0.1, 0.15) is 16.1 Å². The zero-order valence-electron chi connectivity index (χ0n) is 9.45. The Morgan fingerprint density at radius 2 is 2.17 bits per heavy atom. The standard InChI is InChI=1S/C13H11ClFNO2/c14-10-4-1-5-11(15)12(10)13(17)16-7-6-9-3-2-8-18-9/h1-5,8H,6-7H2,(H,16,17). The van der Waals surface area contributed by atoms with Crippen molar-refractivity contribution in [3.63, 3.8) is 0 Å². The molecule has 2 aromatic rings. The van der Waals surface area contributed by atoms with Crippen molar-refractivity contribution in [2.24, 2.45) is 0 Å². The van der Waals surface area contributed by atoms with E-state index in [0.29, 0.717) is 13.0 Å². The van der Waals surface area contributed by atoms with Crippen LogP contribution in [0, 0.1) is 5.82 Å². The largest absolute Gasteiger partial charge is 0.469 e. The third kappa shape index (κ3) is 2.90. The number of rotatable bonds is 4. The highest BCUT2D eigenvalue weighted by Gasteiger charge is 2.14. The lowest BCUT2D eigenvalue weighted by Crippen LogP contribution is -2.26. The van der Waals surface area contributed by atoms with Crippen LogP contribution >= 0.6 is 11.6 Å². The number of nitrogens with one attached hydrogen (secondary N) is 1. The molecule has 0 saturated carbocycles. The topological polar surface area (TPSA) is 42.2 Å². The highest BCUT2D eigenvalue weighted by Crippen LogP contribution is 2.18. The van der Waals surface area contributed by atoms with Gasteiger partial charge in [0.05, 0.1) is 16.8 Å². The lowest BCUT2D eigenvalue weighted by Gasteiger charge is -2.06. The molecule has 2 rings (SSSR count). The summed E-state index contributed by atoms with van der Waals surface area (Å²) in [4.78, 5) is 11.7. The Morgan fingerprint density at radius 3 is 2.83 bits per heavy atom. The van der Waals surface area contributed by atoms with Gasteiger partial charge in [-0.05, 0) is 24.3 Å². The molecule has 0 atom stereocenters. The molecule has 94 valence electrons. The molecule has 0 aliphatic carbocycles. The molecule has 1 aromatic carbocycles. The van der Waals surface area contributed by atoms with Crippen molar-refractivity contribution < 1.29 is 13.6 Å². The molecule has 5 heteroatoms. The van der Waals surface area contributed by atoms with Gasteiger partial charge in [0.15, 0.2) is 0 Å². The first-order valence-corrected chi connectivity index (χ1v) is 5.81.